The lowest BCUT2D eigenvalue weighted by molar-refractivity contribution is 0.112. The predicted molar refractivity (Wildman–Crippen MR) is 79.8 cm³/mol. The van der Waals surface area contributed by atoms with Gasteiger partial charge in [-0.15, -0.1) is 0 Å². The van der Waals surface area contributed by atoms with Crippen molar-refractivity contribution in [1.29, 1.82) is 0 Å². The van der Waals surface area contributed by atoms with Gasteiger partial charge in [-0.3, -0.25) is 4.79 Å². The van der Waals surface area contributed by atoms with Crippen molar-refractivity contribution in [3.8, 4) is 0 Å². The summed E-state index contributed by atoms with van der Waals surface area (Å²) in [5.41, 5.74) is 3.34. The number of nitrogens with zero attached hydrogens (tertiary/aromatic N) is 1. The summed E-state index contributed by atoms with van der Waals surface area (Å²) < 4.78 is 0. The van der Waals surface area contributed by atoms with Crippen LogP contribution in [0.2, 0.25) is 0 Å². The van der Waals surface area contributed by atoms with Crippen LogP contribution in [0.4, 0.5) is 0 Å². The Hall–Kier alpha value is -1.15. The van der Waals surface area contributed by atoms with Crippen LogP contribution in [0.5, 0.6) is 0 Å². The number of hydrogen-bond acceptors (Lipinski definition) is 2. The van der Waals surface area contributed by atoms with Crippen molar-refractivity contribution in [2.75, 3.05) is 19.6 Å². The SMILES string of the molecule is Cc1cc(C2CCN(CC(C)C)CC2)ccc1C=O. The van der Waals surface area contributed by atoms with E-state index in [1.54, 1.807) is 0 Å². The summed E-state index contributed by atoms with van der Waals surface area (Å²) in [6.45, 7) is 10.2. The van der Waals surface area contributed by atoms with Crippen LogP contribution in [0.25, 0.3) is 0 Å². The minimum absolute atomic E-state index is 0.669. The first-order valence-corrected chi connectivity index (χ1v) is 7.38. The molecule has 0 radical (unpaired) electrons. The van der Waals surface area contributed by atoms with E-state index in [0.29, 0.717) is 5.92 Å². The topological polar surface area (TPSA) is 20.3 Å². The fourth-order valence-corrected chi connectivity index (χ4v) is 3.05. The molecule has 1 aromatic carbocycles. The Labute approximate surface area is 116 Å². The number of piperidine rings is 1. The first kappa shape index (κ1) is 14.3. The second-order valence-corrected chi connectivity index (χ2v) is 6.20. The van der Waals surface area contributed by atoms with Gasteiger partial charge in [0.1, 0.15) is 6.29 Å². The number of aldehydes is 1. The molecule has 0 bridgehead atoms. The average Bonchev–Trinajstić information content (AvgIpc) is 2.39. The van der Waals surface area contributed by atoms with Gasteiger partial charge in [0.05, 0.1) is 0 Å². The summed E-state index contributed by atoms with van der Waals surface area (Å²) >= 11 is 0. The van der Waals surface area contributed by atoms with Crippen LogP contribution in [0.3, 0.4) is 0 Å². The first-order valence-electron chi connectivity index (χ1n) is 7.38. The summed E-state index contributed by atoms with van der Waals surface area (Å²) in [6.07, 6.45) is 3.43. The van der Waals surface area contributed by atoms with Crippen molar-refractivity contribution in [2.45, 2.75) is 39.5 Å². The van der Waals surface area contributed by atoms with Crippen molar-refractivity contribution in [2.24, 2.45) is 5.92 Å². The Morgan fingerprint density at radius 1 is 1.32 bits per heavy atom. The number of hydrogen-bond donors (Lipinski definition) is 0. The second-order valence-electron chi connectivity index (χ2n) is 6.20. The third-order valence-corrected chi connectivity index (χ3v) is 4.10. The molecule has 2 nitrogen and oxygen atoms in total. The van der Waals surface area contributed by atoms with Gasteiger partial charge in [-0.1, -0.05) is 32.0 Å². The lowest BCUT2D eigenvalue weighted by Crippen LogP contribution is -2.35. The zero-order valence-corrected chi connectivity index (χ0v) is 12.4. The first-order chi connectivity index (χ1) is 9.10. The Bertz CT molecular complexity index is 431. The number of carbonyl (C=O) groups is 1. The van der Waals surface area contributed by atoms with Gasteiger partial charge in [-0.05, 0) is 55.8 Å². The van der Waals surface area contributed by atoms with Gasteiger partial charge in [-0.2, -0.15) is 0 Å². The van der Waals surface area contributed by atoms with E-state index in [1.807, 2.05) is 13.0 Å². The Morgan fingerprint density at radius 2 is 2.00 bits per heavy atom. The van der Waals surface area contributed by atoms with Crippen LogP contribution >= 0.6 is 0 Å². The minimum Gasteiger partial charge on any atom is -0.303 e. The maximum atomic E-state index is 10.9. The van der Waals surface area contributed by atoms with E-state index in [-0.39, 0.29) is 0 Å². The van der Waals surface area contributed by atoms with Gasteiger partial charge in [0.2, 0.25) is 0 Å². The molecule has 104 valence electrons. The number of likely N-dealkylation sites (tertiary alicyclic amines) is 1. The second kappa shape index (κ2) is 6.33. The molecule has 1 aromatic rings. The maximum absolute atomic E-state index is 10.9. The molecule has 0 aliphatic carbocycles. The molecule has 2 heteroatoms. The molecule has 0 atom stereocenters. The van der Waals surface area contributed by atoms with Crippen LogP contribution in [-0.2, 0) is 0 Å². The number of benzene rings is 1. The standard InChI is InChI=1S/C17H25NO/c1-13(2)11-18-8-6-15(7-9-18)16-4-5-17(12-19)14(3)10-16/h4-5,10,12-13,15H,6-9,11H2,1-3H3. The molecule has 1 saturated heterocycles. The Morgan fingerprint density at radius 3 is 2.53 bits per heavy atom. The monoisotopic (exact) mass is 259 g/mol. The average molecular weight is 259 g/mol. The molecule has 2 rings (SSSR count). The van der Waals surface area contributed by atoms with Crippen molar-refractivity contribution in [3.63, 3.8) is 0 Å². The van der Waals surface area contributed by atoms with Gasteiger partial charge >= 0.3 is 0 Å². The van der Waals surface area contributed by atoms with Crippen molar-refractivity contribution >= 4 is 6.29 Å². The highest BCUT2D eigenvalue weighted by molar-refractivity contribution is 5.77. The summed E-state index contributed by atoms with van der Waals surface area (Å²) in [5.74, 6) is 1.42. The smallest absolute Gasteiger partial charge is 0.150 e. The number of carbonyl (C=O) groups excluding carboxylic acids is 1. The van der Waals surface area contributed by atoms with Crippen LogP contribution in [0.1, 0.15) is 54.1 Å². The zero-order valence-electron chi connectivity index (χ0n) is 12.4. The lowest BCUT2D eigenvalue weighted by atomic mass is 9.87. The highest BCUT2D eigenvalue weighted by Gasteiger charge is 2.21. The fourth-order valence-electron chi connectivity index (χ4n) is 3.05. The molecule has 0 aromatic heterocycles. The molecule has 0 unspecified atom stereocenters. The molecule has 0 amide bonds. The third-order valence-electron chi connectivity index (χ3n) is 4.10. The number of rotatable bonds is 4. The quantitative estimate of drug-likeness (QED) is 0.769. The Balaban J connectivity index is 1.97. The summed E-state index contributed by atoms with van der Waals surface area (Å²) in [5, 5.41) is 0. The highest BCUT2D eigenvalue weighted by atomic mass is 16.1. The normalized spacial score (nSPS) is 17.9. The van der Waals surface area contributed by atoms with E-state index >= 15 is 0 Å². The van der Waals surface area contributed by atoms with Gasteiger partial charge in [0, 0.05) is 12.1 Å². The van der Waals surface area contributed by atoms with E-state index in [9.17, 15) is 4.79 Å². The van der Waals surface area contributed by atoms with Crippen molar-refractivity contribution in [3.05, 3.63) is 34.9 Å². The maximum Gasteiger partial charge on any atom is 0.150 e. The van der Waals surface area contributed by atoms with E-state index in [2.05, 4.69) is 30.9 Å². The predicted octanol–water partition coefficient (Wildman–Crippen LogP) is 3.64. The summed E-state index contributed by atoms with van der Waals surface area (Å²) in [6, 6.07) is 6.31. The van der Waals surface area contributed by atoms with E-state index < -0.39 is 0 Å². The Kier molecular flexibility index (Phi) is 4.76. The molecule has 0 N–H and O–H groups in total. The van der Waals surface area contributed by atoms with Gasteiger partial charge in [0.25, 0.3) is 0 Å². The molecule has 19 heavy (non-hydrogen) atoms. The molecular weight excluding hydrogens is 234 g/mol. The van der Waals surface area contributed by atoms with Gasteiger partial charge in [0.15, 0.2) is 0 Å². The number of aryl methyl sites for hydroxylation is 1. The minimum atomic E-state index is 0.669. The van der Waals surface area contributed by atoms with Crippen LogP contribution in [0, 0.1) is 12.8 Å². The van der Waals surface area contributed by atoms with Gasteiger partial charge < -0.3 is 4.90 Å². The zero-order chi connectivity index (χ0) is 13.8. The third kappa shape index (κ3) is 3.66. The molecule has 1 fully saturated rings. The largest absolute Gasteiger partial charge is 0.303 e. The van der Waals surface area contributed by atoms with Gasteiger partial charge in [-0.25, -0.2) is 0 Å². The molecule has 1 aliphatic rings. The molecule has 0 saturated carbocycles. The molecular formula is C17H25NO. The van der Waals surface area contributed by atoms with Crippen molar-refractivity contribution in [1.82, 2.24) is 4.90 Å². The van der Waals surface area contributed by atoms with Crippen molar-refractivity contribution < 1.29 is 4.79 Å². The lowest BCUT2D eigenvalue weighted by Gasteiger charge is -2.33. The van der Waals surface area contributed by atoms with Crippen LogP contribution < -0.4 is 0 Å². The van der Waals surface area contributed by atoms with E-state index in [0.717, 1.165) is 23.3 Å². The highest BCUT2D eigenvalue weighted by Crippen LogP contribution is 2.29. The molecule has 0 spiro atoms. The van der Waals surface area contributed by atoms with E-state index in [4.69, 9.17) is 0 Å². The molecule has 1 aliphatic heterocycles. The molecule has 1 heterocycles. The van der Waals surface area contributed by atoms with E-state index in [1.165, 1.54) is 38.0 Å². The summed E-state index contributed by atoms with van der Waals surface area (Å²) in [4.78, 5) is 13.4. The summed E-state index contributed by atoms with van der Waals surface area (Å²) in [7, 11) is 0. The van der Waals surface area contributed by atoms with Crippen LogP contribution in [0.15, 0.2) is 18.2 Å². The fraction of sp³-hybridized carbons (Fsp3) is 0.588. The van der Waals surface area contributed by atoms with Crippen LogP contribution in [-0.4, -0.2) is 30.8 Å².